The third-order valence-corrected chi connectivity index (χ3v) is 2.12. The van der Waals surface area contributed by atoms with Gasteiger partial charge in [-0.05, 0) is 11.8 Å². The van der Waals surface area contributed by atoms with Gasteiger partial charge in [-0.3, -0.25) is 15.1 Å². The Kier molecular flexibility index (Phi) is 5.66. The molecule has 0 aliphatic heterocycles. The molecule has 0 aliphatic rings. The molecule has 93 valence electrons. The quantitative estimate of drug-likeness (QED) is 0.519. The number of carbonyl (C=O) groups excluding carboxylic acids is 1. The summed E-state index contributed by atoms with van der Waals surface area (Å²) in [5, 5.41) is 13.6. The number of nitro groups is 1. The van der Waals surface area contributed by atoms with Crippen molar-refractivity contribution in [3.63, 3.8) is 0 Å². The van der Waals surface area contributed by atoms with Crippen LogP contribution in [0.5, 0.6) is 0 Å². The van der Waals surface area contributed by atoms with E-state index in [0.717, 1.165) is 0 Å². The zero-order valence-corrected chi connectivity index (χ0v) is 12.4. The molecule has 19 heavy (non-hydrogen) atoms. The van der Waals surface area contributed by atoms with Gasteiger partial charge in [-0.25, -0.2) is 0 Å². The molecule has 0 fully saturated rings. The number of nitrogens with zero attached hydrogens (tertiary/aromatic N) is 3. The summed E-state index contributed by atoms with van der Waals surface area (Å²) >= 11 is 0. The van der Waals surface area contributed by atoms with Crippen LogP contribution in [0.1, 0.15) is 5.69 Å². The number of para-hydroxylation sites is 2. The first kappa shape index (κ1) is 15.3. The Labute approximate surface area is 133 Å². The molecule has 1 N–H and O–H groups in total. The van der Waals surface area contributed by atoms with Crippen LogP contribution in [0.4, 0.5) is 17.2 Å². The summed E-state index contributed by atoms with van der Waals surface area (Å²) in [6.07, 6.45) is 4.12. The monoisotopic (exact) mass is 332 g/mol. The van der Waals surface area contributed by atoms with Gasteiger partial charge in [0.1, 0.15) is 11.5 Å². The Morgan fingerprint density at radius 1 is 1.21 bits per heavy atom. The van der Waals surface area contributed by atoms with E-state index in [-0.39, 0.29) is 44.1 Å². The Morgan fingerprint density at radius 2 is 1.95 bits per heavy atom. The molecule has 7 nitrogen and oxygen atoms in total. The Bertz CT molecular complexity index is 589. The predicted molar refractivity (Wildman–Crippen MR) is 63.2 cm³/mol. The number of benzene rings is 1. The van der Waals surface area contributed by atoms with Crippen molar-refractivity contribution in [3.8, 4) is 0 Å². The number of aromatic nitrogens is 2. The minimum atomic E-state index is -0.497. The number of hydrogen-bond acceptors (Lipinski definition) is 6. The topological polar surface area (TPSA) is 98.0 Å². The summed E-state index contributed by atoms with van der Waals surface area (Å²) in [6.45, 7) is 0. The number of anilines is 2. The molecule has 0 aliphatic carbocycles. The number of nitrogens with one attached hydrogen (secondary N) is 1. The Balaban J connectivity index is 0.00000180. The maximum absolute atomic E-state index is 10.8. The minimum absolute atomic E-state index is 0. The molecule has 0 spiro atoms. The van der Waals surface area contributed by atoms with Crippen LogP contribution in [-0.2, 0) is 37.5 Å². The third kappa shape index (κ3) is 3.87. The third-order valence-electron chi connectivity index (χ3n) is 2.12. The fraction of sp³-hybridized carbons (Fsp3) is 0. The van der Waals surface area contributed by atoms with Crippen LogP contribution in [0.25, 0.3) is 0 Å². The number of nitro benzene ring substituents is 1. The molecule has 0 saturated heterocycles. The molecule has 0 unspecified atom stereocenters. The molecule has 1 heterocycles. The Morgan fingerprint density at radius 3 is 2.53 bits per heavy atom. The molecule has 1 radical (unpaired) electrons. The van der Waals surface area contributed by atoms with Crippen LogP contribution >= 0.6 is 0 Å². The van der Waals surface area contributed by atoms with Crippen molar-refractivity contribution in [3.05, 3.63) is 52.5 Å². The molecule has 8 heteroatoms. The van der Waals surface area contributed by atoms with Gasteiger partial charge in [0.05, 0.1) is 11.1 Å². The average molecular weight is 332 g/mol. The van der Waals surface area contributed by atoms with E-state index in [1.807, 2.05) is 0 Å². The predicted octanol–water partition coefficient (Wildman–Crippen LogP) is 1.58. The van der Waals surface area contributed by atoms with Gasteiger partial charge in [-0.2, -0.15) is 0 Å². The molecular formula is C11H7N4O3Y-. The molecule has 0 atom stereocenters. The van der Waals surface area contributed by atoms with Crippen LogP contribution in [-0.4, -0.2) is 21.2 Å². The van der Waals surface area contributed by atoms with Crippen LogP contribution in [0, 0.1) is 10.1 Å². The van der Waals surface area contributed by atoms with Gasteiger partial charge < -0.3 is 15.1 Å². The summed E-state index contributed by atoms with van der Waals surface area (Å²) in [5.74, 6) is 0.309. The van der Waals surface area contributed by atoms with Gasteiger partial charge in [0, 0.05) is 45.1 Å². The molecule has 0 amide bonds. The maximum atomic E-state index is 10.8. The van der Waals surface area contributed by atoms with Crippen LogP contribution in [0.15, 0.2) is 36.7 Å². The zero-order chi connectivity index (χ0) is 13.0. The van der Waals surface area contributed by atoms with Gasteiger partial charge in [-0.1, -0.05) is 18.3 Å². The SMILES string of the molecule is O=[C-]c1cnc(Nc2ccccc2[N+](=O)[O-])cn1.[Y]. The molecule has 1 aromatic carbocycles. The summed E-state index contributed by atoms with van der Waals surface area (Å²) in [7, 11) is 0. The number of rotatable bonds is 4. The minimum Gasteiger partial charge on any atom is -0.417 e. The van der Waals surface area contributed by atoms with E-state index < -0.39 is 4.92 Å². The van der Waals surface area contributed by atoms with E-state index >= 15 is 0 Å². The standard InChI is InChI=1S/C11H7N4O3.Y/c16-7-8-5-13-11(6-12-8)14-9-3-1-2-4-10(9)15(17)18;/h1-6H,(H,13,14);/q-1;. The molecule has 1 aromatic heterocycles. The molecule has 0 saturated carbocycles. The molecular weight excluding hydrogens is 325 g/mol. The first-order chi connectivity index (χ1) is 8.70. The van der Waals surface area contributed by atoms with Gasteiger partial charge in [0.15, 0.2) is 0 Å². The zero-order valence-electron chi connectivity index (χ0n) is 9.61. The first-order valence-corrected chi connectivity index (χ1v) is 4.91. The largest absolute Gasteiger partial charge is 0.417 e. The van der Waals surface area contributed by atoms with E-state index in [1.54, 1.807) is 24.5 Å². The van der Waals surface area contributed by atoms with Crippen LogP contribution < -0.4 is 5.32 Å². The van der Waals surface area contributed by atoms with Gasteiger partial charge in [-0.15, -0.1) is 0 Å². The normalized spacial score (nSPS) is 9.26. The van der Waals surface area contributed by atoms with Crippen molar-refractivity contribution >= 4 is 23.5 Å². The second-order valence-corrected chi connectivity index (χ2v) is 3.29. The summed E-state index contributed by atoms with van der Waals surface area (Å²) in [6, 6.07) is 6.17. The van der Waals surface area contributed by atoms with E-state index in [2.05, 4.69) is 15.3 Å². The van der Waals surface area contributed by atoms with E-state index in [4.69, 9.17) is 0 Å². The van der Waals surface area contributed by atoms with E-state index in [9.17, 15) is 14.9 Å². The maximum Gasteiger partial charge on any atom is 0.292 e. The summed E-state index contributed by atoms with van der Waals surface area (Å²) < 4.78 is 0. The molecule has 2 rings (SSSR count). The first-order valence-electron chi connectivity index (χ1n) is 4.91. The van der Waals surface area contributed by atoms with Gasteiger partial charge >= 0.3 is 0 Å². The molecule has 2 aromatic rings. The van der Waals surface area contributed by atoms with Crippen LogP contribution in [0.3, 0.4) is 0 Å². The number of hydrogen-bond donors (Lipinski definition) is 1. The van der Waals surface area contributed by atoms with Crippen molar-refractivity contribution < 1.29 is 42.4 Å². The average Bonchev–Trinajstić information content (AvgIpc) is 2.40. The Hall–Kier alpha value is -1.73. The van der Waals surface area contributed by atoms with E-state index in [0.29, 0.717) is 11.5 Å². The van der Waals surface area contributed by atoms with Crippen molar-refractivity contribution in [2.75, 3.05) is 5.32 Å². The van der Waals surface area contributed by atoms with Crippen molar-refractivity contribution in [1.82, 2.24) is 9.97 Å². The second kappa shape index (κ2) is 7.01. The fourth-order valence-corrected chi connectivity index (χ4v) is 1.32. The summed E-state index contributed by atoms with van der Waals surface area (Å²) in [5.41, 5.74) is 0.313. The summed E-state index contributed by atoms with van der Waals surface area (Å²) in [4.78, 5) is 28.2. The van der Waals surface area contributed by atoms with Crippen LogP contribution in [0.2, 0.25) is 0 Å². The van der Waals surface area contributed by atoms with Crippen molar-refractivity contribution in [2.45, 2.75) is 0 Å². The smallest absolute Gasteiger partial charge is 0.292 e. The van der Waals surface area contributed by atoms with Crippen molar-refractivity contribution in [2.24, 2.45) is 0 Å². The molecule has 0 bridgehead atoms. The second-order valence-electron chi connectivity index (χ2n) is 3.29. The van der Waals surface area contributed by atoms with Crippen molar-refractivity contribution in [1.29, 1.82) is 0 Å². The van der Waals surface area contributed by atoms with E-state index in [1.165, 1.54) is 18.5 Å². The fourth-order valence-electron chi connectivity index (χ4n) is 1.32. The van der Waals surface area contributed by atoms with Gasteiger partial charge in [0.2, 0.25) is 0 Å². The van der Waals surface area contributed by atoms with Gasteiger partial charge in [0.25, 0.3) is 5.69 Å².